The predicted molar refractivity (Wildman–Crippen MR) is 162 cm³/mol. The van der Waals surface area contributed by atoms with Gasteiger partial charge in [-0.2, -0.15) is 10.2 Å². The van der Waals surface area contributed by atoms with E-state index in [1.54, 1.807) is 48.5 Å². The summed E-state index contributed by atoms with van der Waals surface area (Å²) in [4.78, 5) is 49.2. The normalized spacial score (nSPS) is 10.6. The van der Waals surface area contributed by atoms with Gasteiger partial charge in [0, 0.05) is 22.3 Å². The fraction of sp³-hybridized carbons (Fsp3) is 0.200. The number of carbonyl (C=O) groups excluding carboxylic acids is 4. The molecule has 0 heterocycles. The maximum atomic E-state index is 12.4. The van der Waals surface area contributed by atoms with Gasteiger partial charge in [-0.15, -0.1) is 0 Å². The summed E-state index contributed by atoms with van der Waals surface area (Å²) in [5.41, 5.74) is 6.43. The Hall–Kier alpha value is -5.92. The Kier molecular flexibility index (Phi) is 12.2. The van der Waals surface area contributed by atoms with Crippen LogP contribution in [-0.4, -0.2) is 77.6 Å². The summed E-state index contributed by atoms with van der Waals surface area (Å²) in [7, 11) is 5.88. The second kappa shape index (κ2) is 16.5. The van der Waals surface area contributed by atoms with Crippen LogP contribution in [0.4, 0.5) is 0 Å². The molecule has 0 aliphatic heterocycles. The first-order chi connectivity index (χ1) is 21.3. The van der Waals surface area contributed by atoms with Crippen molar-refractivity contribution >= 4 is 36.1 Å². The van der Waals surface area contributed by atoms with Gasteiger partial charge < -0.3 is 29.6 Å². The minimum absolute atomic E-state index is 0.291. The van der Waals surface area contributed by atoms with Gasteiger partial charge in [0.1, 0.15) is 0 Å². The average Bonchev–Trinajstić information content (AvgIpc) is 3.05. The summed E-state index contributed by atoms with van der Waals surface area (Å²) in [6.45, 7) is -0.635. The molecule has 3 aromatic rings. The number of amides is 4. The maximum absolute atomic E-state index is 12.4. The van der Waals surface area contributed by atoms with Gasteiger partial charge in [0.15, 0.2) is 23.0 Å². The number of hydrogen-bond donors (Lipinski definition) is 4. The summed E-state index contributed by atoms with van der Waals surface area (Å²) in [5, 5.41) is 12.8. The van der Waals surface area contributed by atoms with Crippen molar-refractivity contribution in [2.24, 2.45) is 10.2 Å². The molecule has 14 nitrogen and oxygen atoms in total. The van der Waals surface area contributed by atoms with Crippen LogP contribution < -0.4 is 40.4 Å². The third-order valence-electron chi connectivity index (χ3n) is 5.89. The van der Waals surface area contributed by atoms with Crippen molar-refractivity contribution in [3.63, 3.8) is 0 Å². The topological polar surface area (TPSA) is 178 Å². The van der Waals surface area contributed by atoms with Crippen molar-refractivity contribution in [2.45, 2.75) is 0 Å². The zero-order valence-electron chi connectivity index (χ0n) is 24.5. The highest BCUT2D eigenvalue weighted by atomic mass is 16.5. The van der Waals surface area contributed by atoms with Gasteiger partial charge in [-0.1, -0.05) is 24.3 Å². The molecule has 0 aromatic heterocycles. The van der Waals surface area contributed by atoms with Crippen molar-refractivity contribution in [3.05, 3.63) is 82.9 Å². The Bertz CT molecular complexity index is 1440. The molecule has 0 unspecified atom stereocenters. The predicted octanol–water partition coefficient (Wildman–Crippen LogP) is 1.48. The highest BCUT2D eigenvalue weighted by Crippen LogP contribution is 2.28. The summed E-state index contributed by atoms with van der Waals surface area (Å²) in [6, 6.07) is 16.2. The average molecular weight is 605 g/mol. The molecule has 4 amide bonds. The van der Waals surface area contributed by atoms with Gasteiger partial charge in [0.05, 0.1) is 54.0 Å². The Morgan fingerprint density at radius 2 is 0.977 bits per heavy atom. The van der Waals surface area contributed by atoms with Gasteiger partial charge in [0.25, 0.3) is 23.6 Å². The van der Waals surface area contributed by atoms with E-state index in [4.69, 9.17) is 18.9 Å². The zero-order valence-corrected chi connectivity index (χ0v) is 24.5. The maximum Gasteiger partial charge on any atom is 0.259 e. The molecule has 0 bridgehead atoms. The zero-order chi connectivity index (χ0) is 31.9. The molecule has 3 rings (SSSR count). The van der Waals surface area contributed by atoms with E-state index >= 15 is 0 Å². The largest absolute Gasteiger partial charge is 0.493 e. The first-order valence-electron chi connectivity index (χ1n) is 13.0. The Morgan fingerprint density at radius 3 is 1.34 bits per heavy atom. The number of rotatable bonds is 14. The van der Waals surface area contributed by atoms with Crippen LogP contribution in [0, 0.1) is 0 Å². The molecule has 3 aromatic carbocycles. The van der Waals surface area contributed by atoms with E-state index < -0.39 is 23.6 Å². The number of nitrogens with one attached hydrogen (secondary N) is 4. The summed E-state index contributed by atoms with van der Waals surface area (Å²) in [5.74, 6) is -0.349. The van der Waals surface area contributed by atoms with Gasteiger partial charge in [-0.3, -0.25) is 19.2 Å². The molecular formula is C30H32N6O8. The summed E-state index contributed by atoms with van der Waals surface area (Å²) in [6.07, 6.45) is 2.78. The molecule has 14 heteroatoms. The van der Waals surface area contributed by atoms with Crippen LogP contribution in [0.15, 0.2) is 70.9 Å². The quantitative estimate of drug-likeness (QED) is 0.158. The lowest BCUT2D eigenvalue weighted by Gasteiger charge is -2.09. The van der Waals surface area contributed by atoms with Crippen molar-refractivity contribution in [3.8, 4) is 23.0 Å². The van der Waals surface area contributed by atoms with Gasteiger partial charge in [-0.25, -0.2) is 10.9 Å². The fourth-order valence-electron chi connectivity index (χ4n) is 3.65. The second-order valence-corrected chi connectivity index (χ2v) is 8.72. The van der Waals surface area contributed by atoms with E-state index in [0.717, 1.165) is 0 Å². The van der Waals surface area contributed by atoms with Crippen molar-refractivity contribution in [1.29, 1.82) is 0 Å². The van der Waals surface area contributed by atoms with Crippen molar-refractivity contribution in [2.75, 3.05) is 41.5 Å². The number of carbonyl (C=O) groups is 4. The Morgan fingerprint density at radius 1 is 0.591 bits per heavy atom. The first kappa shape index (κ1) is 32.6. The second-order valence-electron chi connectivity index (χ2n) is 8.72. The Balaban J connectivity index is 1.47. The smallest absolute Gasteiger partial charge is 0.259 e. The molecule has 0 atom stereocenters. The minimum Gasteiger partial charge on any atom is -0.493 e. The number of nitrogens with zero attached hydrogens (tertiary/aromatic N) is 2. The molecule has 0 radical (unpaired) electrons. The van der Waals surface area contributed by atoms with Crippen molar-refractivity contribution in [1.82, 2.24) is 21.5 Å². The summed E-state index contributed by atoms with van der Waals surface area (Å²) >= 11 is 0. The standard InChI is InChI=1S/C30H32N6O8/c1-41-23-11-9-19(13-25(23)43-3)29(39)31-17-27(37)35-33-15-21-7-5-6-8-22(21)16-34-36-28(38)18-32-30(40)20-10-12-24(42-2)26(14-20)44-4/h5-16H,17-18H2,1-4H3,(H,31,39)(H,32,40)(H,35,37)(H,36,38). The molecule has 4 N–H and O–H groups in total. The van der Waals surface area contributed by atoms with Crippen LogP contribution in [0.3, 0.4) is 0 Å². The molecule has 0 saturated carbocycles. The highest BCUT2D eigenvalue weighted by Gasteiger charge is 2.13. The molecule has 0 aliphatic carbocycles. The third-order valence-corrected chi connectivity index (χ3v) is 5.89. The number of ether oxygens (including phenoxy) is 4. The molecule has 230 valence electrons. The van der Waals surface area contributed by atoms with E-state index in [2.05, 4.69) is 31.7 Å². The SMILES string of the molecule is COc1ccc(C(=O)NCC(=O)NN=Cc2ccccc2C=NNC(=O)CNC(=O)c2ccc(OC)c(OC)c2)cc1OC. The van der Waals surface area contributed by atoms with Crippen LogP contribution in [0.5, 0.6) is 23.0 Å². The highest BCUT2D eigenvalue weighted by molar-refractivity contribution is 5.98. The minimum atomic E-state index is -0.552. The molecule has 0 aliphatic rings. The van der Waals surface area contributed by atoms with Crippen LogP contribution in [0.2, 0.25) is 0 Å². The van der Waals surface area contributed by atoms with Gasteiger partial charge in [-0.05, 0) is 36.4 Å². The van der Waals surface area contributed by atoms with E-state index in [1.165, 1.54) is 53.0 Å². The lowest BCUT2D eigenvalue weighted by atomic mass is 10.1. The van der Waals surface area contributed by atoms with E-state index in [9.17, 15) is 19.2 Å². The molecule has 0 saturated heterocycles. The van der Waals surface area contributed by atoms with Gasteiger partial charge in [0.2, 0.25) is 0 Å². The van der Waals surface area contributed by atoms with Gasteiger partial charge >= 0.3 is 0 Å². The number of hydrazone groups is 2. The van der Waals surface area contributed by atoms with Crippen molar-refractivity contribution < 1.29 is 38.1 Å². The lowest BCUT2D eigenvalue weighted by molar-refractivity contribution is -0.120. The van der Waals surface area contributed by atoms with Crippen LogP contribution in [0.25, 0.3) is 0 Å². The Labute approximate surface area is 253 Å². The number of hydrogen-bond acceptors (Lipinski definition) is 10. The van der Waals surface area contributed by atoms with Crippen LogP contribution in [-0.2, 0) is 9.59 Å². The molecule has 44 heavy (non-hydrogen) atoms. The summed E-state index contributed by atoms with van der Waals surface area (Å²) < 4.78 is 20.7. The number of methoxy groups -OCH3 is 4. The first-order valence-corrected chi connectivity index (χ1v) is 13.0. The third kappa shape index (κ3) is 9.30. The van der Waals surface area contributed by atoms with E-state index in [1.807, 2.05) is 0 Å². The fourth-order valence-corrected chi connectivity index (χ4v) is 3.65. The van der Waals surface area contributed by atoms with Crippen LogP contribution in [0.1, 0.15) is 31.8 Å². The monoisotopic (exact) mass is 604 g/mol. The number of benzene rings is 3. The van der Waals surface area contributed by atoms with Crippen LogP contribution >= 0.6 is 0 Å². The molecule has 0 spiro atoms. The lowest BCUT2D eigenvalue weighted by Crippen LogP contribution is -2.35. The van der Waals surface area contributed by atoms with E-state index in [-0.39, 0.29) is 13.1 Å². The molecule has 0 fully saturated rings. The van der Waals surface area contributed by atoms with E-state index in [0.29, 0.717) is 45.3 Å². The molecular weight excluding hydrogens is 572 g/mol.